The van der Waals surface area contributed by atoms with Gasteiger partial charge in [-0.15, -0.1) is 10.2 Å². The number of amidine groups is 1. The van der Waals surface area contributed by atoms with Crippen molar-refractivity contribution in [2.45, 2.75) is 45.1 Å². The van der Waals surface area contributed by atoms with E-state index in [1.165, 1.54) is 24.8 Å². The van der Waals surface area contributed by atoms with Crippen LogP contribution in [0.3, 0.4) is 0 Å². The Morgan fingerprint density at radius 2 is 1.87 bits per heavy atom. The second-order valence-electron chi connectivity index (χ2n) is 8.21. The molecular formula is C23H26N8. The lowest BCUT2D eigenvalue weighted by Gasteiger charge is -2.25. The van der Waals surface area contributed by atoms with Gasteiger partial charge in [-0.3, -0.25) is 0 Å². The second kappa shape index (κ2) is 7.96. The van der Waals surface area contributed by atoms with E-state index in [-0.39, 0.29) is 0 Å². The predicted molar refractivity (Wildman–Crippen MR) is 123 cm³/mol. The molecule has 0 radical (unpaired) electrons. The number of rotatable bonds is 3. The standard InChI is InChI=1S/C23H26N8/c1-14-7-8-15-12-20(30-29-18(15)11-14)23-26-19-13-16(22(27-24)28-25)9-10-21(19)31(23)17-5-3-2-4-6-17/h7-13,17H,2-6,24-25H2,1H3,(H,27,28). The molecule has 31 heavy (non-hydrogen) atoms. The van der Waals surface area contributed by atoms with Crippen molar-refractivity contribution in [2.24, 2.45) is 16.8 Å². The molecule has 0 saturated heterocycles. The molecule has 4 aromatic rings. The lowest BCUT2D eigenvalue weighted by Crippen LogP contribution is -2.32. The van der Waals surface area contributed by atoms with Crippen molar-refractivity contribution < 1.29 is 0 Å². The van der Waals surface area contributed by atoms with E-state index in [4.69, 9.17) is 16.7 Å². The highest BCUT2D eigenvalue weighted by Crippen LogP contribution is 2.36. The highest BCUT2D eigenvalue weighted by atomic mass is 15.3. The third-order valence-electron chi connectivity index (χ3n) is 6.14. The summed E-state index contributed by atoms with van der Waals surface area (Å²) in [6, 6.07) is 14.7. The van der Waals surface area contributed by atoms with Crippen molar-refractivity contribution in [1.29, 1.82) is 0 Å². The maximum Gasteiger partial charge on any atom is 0.166 e. The van der Waals surface area contributed by atoms with Crippen LogP contribution >= 0.6 is 0 Å². The van der Waals surface area contributed by atoms with Crippen molar-refractivity contribution in [3.05, 3.63) is 53.6 Å². The van der Waals surface area contributed by atoms with E-state index >= 15 is 0 Å². The maximum atomic E-state index is 5.56. The van der Waals surface area contributed by atoms with Crippen LogP contribution in [0.1, 0.15) is 49.3 Å². The Labute approximate surface area is 180 Å². The lowest BCUT2D eigenvalue weighted by molar-refractivity contribution is 0.362. The van der Waals surface area contributed by atoms with Crippen LogP contribution in [0.5, 0.6) is 0 Å². The average Bonchev–Trinajstić information content (AvgIpc) is 3.19. The summed E-state index contributed by atoms with van der Waals surface area (Å²) in [5.74, 6) is 12.3. The van der Waals surface area contributed by atoms with E-state index in [0.717, 1.165) is 51.9 Å². The zero-order chi connectivity index (χ0) is 21.4. The third kappa shape index (κ3) is 3.48. The van der Waals surface area contributed by atoms with Crippen LogP contribution in [-0.4, -0.2) is 25.6 Å². The largest absolute Gasteiger partial charge is 0.321 e. The van der Waals surface area contributed by atoms with Gasteiger partial charge < -0.3 is 15.8 Å². The summed E-state index contributed by atoms with van der Waals surface area (Å²) < 4.78 is 2.34. The average molecular weight is 415 g/mol. The summed E-state index contributed by atoms with van der Waals surface area (Å²) in [7, 11) is 0. The Balaban J connectivity index is 1.70. The van der Waals surface area contributed by atoms with Crippen molar-refractivity contribution in [3.63, 3.8) is 0 Å². The molecule has 8 heteroatoms. The Morgan fingerprint density at radius 1 is 1.03 bits per heavy atom. The molecule has 2 aromatic heterocycles. The van der Waals surface area contributed by atoms with Crippen LogP contribution in [0.2, 0.25) is 0 Å². The molecule has 0 aliphatic heterocycles. The number of hydrazine groups is 1. The second-order valence-corrected chi connectivity index (χ2v) is 8.21. The summed E-state index contributed by atoms with van der Waals surface area (Å²) in [5.41, 5.74) is 8.11. The normalized spacial score (nSPS) is 15.6. The number of hydrogen-bond acceptors (Lipinski definition) is 6. The maximum absolute atomic E-state index is 5.56. The van der Waals surface area contributed by atoms with E-state index in [0.29, 0.717) is 11.9 Å². The number of nitrogens with one attached hydrogen (secondary N) is 1. The Morgan fingerprint density at radius 3 is 2.65 bits per heavy atom. The molecular weight excluding hydrogens is 388 g/mol. The van der Waals surface area contributed by atoms with Crippen LogP contribution in [-0.2, 0) is 0 Å². The fraction of sp³-hybridized carbons (Fsp3) is 0.304. The van der Waals surface area contributed by atoms with Gasteiger partial charge in [0.1, 0.15) is 5.69 Å². The fourth-order valence-corrected chi connectivity index (χ4v) is 4.59. The lowest BCUT2D eigenvalue weighted by atomic mass is 9.95. The zero-order valence-corrected chi connectivity index (χ0v) is 17.5. The first-order valence-electron chi connectivity index (χ1n) is 10.7. The predicted octanol–water partition coefficient (Wildman–Crippen LogP) is 3.54. The first-order valence-corrected chi connectivity index (χ1v) is 10.7. The van der Waals surface area contributed by atoms with Crippen molar-refractivity contribution in [1.82, 2.24) is 25.2 Å². The van der Waals surface area contributed by atoms with Gasteiger partial charge in [0.2, 0.25) is 0 Å². The molecule has 0 spiro atoms. The first-order chi connectivity index (χ1) is 15.2. The number of aryl methyl sites for hydroxylation is 1. The van der Waals surface area contributed by atoms with E-state index in [2.05, 4.69) is 62.5 Å². The highest BCUT2D eigenvalue weighted by molar-refractivity contribution is 6.01. The van der Waals surface area contributed by atoms with Crippen molar-refractivity contribution >= 4 is 27.8 Å². The van der Waals surface area contributed by atoms with Gasteiger partial charge in [0.05, 0.1) is 16.6 Å². The summed E-state index contributed by atoms with van der Waals surface area (Å²) in [5, 5.41) is 13.8. The summed E-state index contributed by atoms with van der Waals surface area (Å²) in [6.07, 6.45) is 6.02. The van der Waals surface area contributed by atoms with Crippen LogP contribution in [0.4, 0.5) is 0 Å². The molecule has 0 bridgehead atoms. The number of fused-ring (bicyclic) bond motifs is 2. The Bertz CT molecular complexity index is 1280. The summed E-state index contributed by atoms with van der Waals surface area (Å²) in [4.78, 5) is 4.99. The molecule has 0 amide bonds. The highest BCUT2D eigenvalue weighted by Gasteiger charge is 2.24. The number of benzene rings is 2. The molecule has 5 N–H and O–H groups in total. The minimum absolute atomic E-state index is 0.394. The van der Waals surface area contributed by atoms with Crippen molar-refractivity contribution in [3.8, 4) is 11.5 Å². The van der Waals surface area contributed by atoms with Gasteiger partial charge in [-0.25, -0.2) is 10.8 Å². The smallest absolute Gasteiger partial charge is 0.166 e. The first kappa shape index (κ1) is 19.4. The number of aromatic nitrogens is 4. The molecule has 1 fully saturated rings. The molecule has 5 rings (SSSR count). The summed E-state index contributed by atoms with van der Waals surface area (Å²) in [6.45, 7) is 2.06. The van der Waals surface area contributed by atoms with Crippen LogP contribution in [0, 0.1) is 6.92 Å². The van der Waals surface area contributed by atoms with Crippen LogP contribution in [0.15, 0.2) is 47.6 Å². The topological polar surface area (TPSA) is 120 Å². The number of imidazole rings is 1. The molecule has 1 aliphatic carbocycles. The van der Waals surface area contributed by atoms with Gasteiger partial charge >= 0.3 is 0 Å². The molecule has 8 nitrogen and oxygen atoms in total. The molecule has 0 atom stereocenters. The van der Waals surface area contributed by atoms with Crippen molar-refractivity contribution in [2.75, 3.05) is 0 Å². The molecule has 0 unspecified atom stereocenters. The monoisotopic (exact) mass is 414 g/mol. The van der Waals surface area contributed by atoms with Gasteiger partial charge in [0.25, 0.3) is 0 Å². The Hall–Kier alpha value is -3.52. The number of nitrogens with two attached hydrogens (primary N) is 2. The number of nitrogens with zero attached hydrogens (tertiary/aromatic N) is 5. The fourth-order valence-electron chi connectivity index (χ4n) is 4.59. The van der Waals surface area contributed by atoms with E-state index in [9.17, 15) is 0 Å². The van der Waals surface area contributed by atoms with Gasteiger partial charge in [0, 0.05) is 17.0 Å². The van der Waals surface area contributed by atoms with Gasteiger partial charge in [-0.05, 0) is 55.7 Å². The third-order valence-corrected chi connectivity index (χ3v) is 6.14. The van der Waals surface area contributed by atoms with Gasteiger partial charge in [0.15, 0.2) is 11.7 Å². The number of hydrazone groups is 1. The summed E-state index contributed by atoms with van der Waals surface area (Å²) >= 11 is 0. The van der Waals surface area contributed by atoms with E-state index < -0.39 is 0 Å². The minimum atomic E-state index is 0.394. The molecule has 1 aliphatic rings. The van der Waals surface area contributed by atoms with Gasteiger partial charge in [-0.2, -0.15) is 5.10 Å². The SMILES string of the molecule is Cc1ccc2cc(-c3nc4cc(/C(=N/N)NN)ccc4n3C3CCCCC3)nnc2c1. The van der Waals surface area contributed by atoms with Gasteiger partial charge in [-0.1, -0.05) is 31.4 Å². The van der Waals surface area contributed by atoms with Crippen LogP contribution in [0.25, 0.3) is 33.5 Å². The minimum Gasteiger partial charge on any atom is -0.321 e. The number of hydrogen-bond donors (Lipinski definition) is 3. The molecule has 2 aromatic carbocycles. The quantitative estimate of drug-likeness (QED) is 0.204. The molecule has 158 valence electrons. The van der Waals surface area contributed by atoms with Crippen LogP contribution < -0.4 is 17.1 Å². The molecule has 1 saturated carbocycles. The Kier molecular flexibility index (Phi) is 4.99. The zero-order valence-electron chi connectivity index (χ0n) is 17.5. The molecule has 2 heterocycles. The van der Waals surface area contributed by atoms with E-state index in [1.807, 2.05) is 12.1 Å². The van der Waals surface area contributed by atoms with E-state index in [1.54, 1.807) is 0 Å².